The first-order valence-electron chi connectivity index (χ1n) is 7.63. The highest BCUT2D eigenvalue weighted by molar-refractivity contribution is 8.14. The summed E-state index contributed by atoms with van der Waals surface area (Å²) in [5, 5.41) is 9.75. The van der Waals surface area contributed by atoms with Crippen molar-refractivity contribution in [3.8, 4) is 0 Å². The first-order chi connectivity index (χ1) is 12.9. The van der Waals surface area contributed by atoms with Crippen LogP contribution < -0.4 is 5.32 Å². The first kappa shape index (κ1) is 18.7. The van der Waals surface area contributed by atoms with E-state index in [1.165, 1.54) is 60.9 Å². The van der Waals surface area contributed by atoms with Crippen molar-refractivity contribution in [2.75, 3.05) is 5.32 Å². The monoisotopic (exact) mass is 402 g/mol. The number of hydrogen-bond acceptors (Lipinski definition) is 8. The van der Waals surface area contributed by atoms with Crippen LogP contribution in [0.25, 0.3) is 0 Å². The van der Waals surface area contributed by atoms with E-state index in [1.807, 2.05) is 0 Å². The van der Waals surface area contributed by atoms with Crippen LogP contribution in [0.2, 0.25) is 0 Å². The predicted octanol–water partition coefficient (Wildman–Crippen LogP) is 2.03. The number of anilines is 1. The van der Waals surface area contributed by atoms with Crippen molar-refractivity contribution < 1.29 is 16.8 Å². The van der Waals surface area contributed by atoms with Crippen molar-refractivity contribution >= 4 is 25.6 Å². The van der Waals surface area contributed by atoms with Crippen LogP contribution in [0.15, 0.2) is 93.3 Å². The Kier molecular flexibility index (Phi) is 5.28. The second-order valence-electron chi connectivity index (χ2n) is 5.21. The van der Waals surface area contributed by atoms with Gasteiger partial charge in [-0.3, -0.25) is 0 Å². The smallest absolute Gasteiger partial charge is 0.246 e. The third-order valence-corrected chi connectivity index (χ3v) is 7.84. The van der Waals surface area contributed by atoms with E-state index in [9.17, 15) is 16.8 Å². The highest BCUT2D eigenvalue weighted by atomic mass is 32.3. The van der Waals surface area contributed by atoms with Gasteiger partial charge in [-0.2, -0.15) is 5.10 Å². The van der Waals surface area contributed by atoms with E-state index >= 15 is 0 Å². The maximum atomic E-state index is 13.0. The third-order valence-electron chi connectivity index (χ3n) is 3.44. The Hall–Kier alpha value is -3.11. The second-order valence-corrected chi connectivity index (χ2v) is 9.30. The van der Waals surface area contributed by atoms with E-state index in [-0.39, 0.29) is 15.7 Å². The summed E-state index contributed by atoms with van der Waals surface area (Å²) in [4.78, 5) is 3.54. The van der Waals surface area contributed by atoms with Crippen molar-refractivity contribution in [3.63, 3.8) is 0 Å². The molecule has 0 unspecified atom stereocenters. The van der Waals surface area contributed by atoms with Crippen LogP contribution in [-0.4, -0.2) is 32.0 Å². The fraction of sp³-hybridized carbons (Fsp3) is 0. The van der Waals surface area contributed by atoms with Crippen LogP contribution in [0, 0.1) is 0 Å². The number of nitrogens with zero attached hydrogens (tertiary/aromatic N) is 3. The van der Waals surface area contributed by atoms with Crippen molar-refractivity contribution in [1.29, 1.82) is 0 Å². The highest BCUT2D eigenvalue weighted by Gasteiger charge is 2.33. The Bertz CT molecular complexity index is 1080. The maximum Gasteiger partial charge on any atom is 0.246 e. The van der Waals surface area contributed by atoms with Crippen LogP contribution in [-0.2, 0) is 19.7 Å². The van der Waals surface area contributed by atoms with Gasteiger partial charge < -0.3 is 5.32 Å². The molecule has 2 aromatic carbocycles. The van der Waals surface area contributed by atoms with Gasteiger partial charge in [0.05, 0.1) is 22.2 Å². The van der Waals surface area contributed by atoms with Gasteiger partial charge in [0.1, 0.15) is 0 Å². The van der Waals surface area contributed by atoms with Gasteiger partial charge in [0.15, 0.2) is 4.24 Å². The molecule has 27 heavy (non-hydrogen) atoms. The lowest BCUT2D eigenvalue weighted by Gasteiger charge is -2.11. The van der Waals surface area contributed by atoms with Crippen LogP contribution in [0.1, 0.15) is 0 Å². The minimum absolute atomic E-state index is 0.0403. The summed E-state index contributed by atoms with van der Waals surface area (Å²) in [5.74, 6) is -0.0403. The average Bonchev–Trinajstić information content (AvgIpc) is 2.70. The fourth-order valence-corrected chi connectivity index (χ4v) is 5.82. The zero-order valence-electron chi connectivity index (χ0n) is 13.8. The summed E-state index contributed by atoms with van der Waals surface area (Å²) >= 11 is 0. The van der Waals surface area contributed by atoms with Gasteiger partial charge in [-0.05, 0) is 24.3 Å². The molecule has 0 saturated carbocycles. The Morgan fingerprint density at radius 2 is 1.30 bits per heavy atom. The molecule has 0 atom stereocenters. The fourth-order valence-electron chi connectivity index (χ4n) is 2.17. The molecule has 0 amide bonds. The van der Waals surface area contributed by atoms with Crippen molar-refractivity contribution in [2.24, 2.45) is 0 Å². The summed E-state index contributed by atoms with van der Waals surface area (Å²) in [6.45, 7) is 0. The van der Waals surface area contributed by atoms with Gasteiger partial charge >= 0.3 is 0 Å². The van der Waals surface area contributed by atoms with E-state index in [4.69, 9.17) is 0 Å². The van der Waals surface area contributed by atoms with E-state index in [0.717, 1.165) is 6.20 Å². The van der Waals surface area contributed by atoms with Crippen molar-refractivity contribution in [1.82, 2.24) is 15.2 Å². The predicted molar refractivity (Wildman–Crippen MR) is 98.8 cm³/mol. The van der Waals surface area contributed by atoms with Crippen LogP contribution in [0.4, 0.5) is 5.95 Å². The molecule has 10 heteroatoms. The third kappa shape index (κ3) is 4.01. The van der Waals surface area contributed by atoms with E-state index in [1.54, 1.807) is 12.1 Å². The highest BCUT2D eigenvalue weighted by Crippen LogP contribution is 2.28. The molecule has 3 rings (SSSR count). The summed E-state index contributed by atoms with van der Waals surface area (Å²) < 4.78 is 51.3. The van der Waals surface area contributed by atoms with E-state index in [0.29, 0.717) is 0 Å². The molecule has 0 aliphatic heterocycles. The Morgan fingerprint density at radius 1 is 0.778 bits per heavy atom. The second kappa shape index (κ2) is 7.64. The van der Waals surface area contributed by atoms with E-state index in [2.05, 4.69) is 20.5 Å². The number of sulfone groups is 2. The molecular weight excluding hydrogens is 388 g/mol. The minimum Gasteiger partial charge on any atom is -0.327 e. The van der Waals surface area contributed by atoms with Gasteiger partial charge in [-0.1, -0.05) is 36.4 Å². The Labute approximate surface area is 156 Å². The number of benzene rings is 2. The molecule has 0 fully saturated rings. The lowest BCUT2D eigenvalue weighted by atomic mass is 10.4. The number of hydrogen-bond donors (Lipinski definition) is 1. The average molecular weight is 402 g/mol. The van der Waals surface area contributed by atoms with Gasteiger partial charge in [-0.15, -0.1) is 5.10 Å². The summed E-state index contributed by atoms with van der Waals surface area (Å²) in [7, 11) is -8.68. The zero-order chi connectivity index (χ0) is 19.3. The SMILES string of the molecule is O=S(=O)(C(=CNc1nccnn1)S(=O)(=O)c1ccccc1)c1ccccc1. The molecule has 0 bridgehead atoms. The minimum atomic E-state index is -4.34. The van der Waals surface area contributed by atoms with E-state index < -0.39 is 23.9 Å². The molecule has 1 N–H and O–H groups in total. The lowest BCUT2D eigenvalue weighted by molar-refractivity contribution is 0.595. The molecular formula is C17H14N4O4S2. The lowest BCUT2D eigenvalue weighted by Crippen LogP contribution is -2.17. The van der Waals surface area contributed by atoms with Gasteiger partial charge in [-0.25, -0.2) is 21.8 Å². The molecule has 0 spiro atoms. The molecule has 0 radical (unpaired) electrons. The molecule has 1 heterocycles. The molecule has 8 nitrogen and oxygen atoms in total. The molecule has 3 aromatic rings. The quantitative estimate of drug-likeness (QED) is 0.665. The summed E-state index contributed by atoms with van der Waals surface area (Å²) in [6.07, 6.45) is 3.53. The molecule has 0 aliphatic carbocycles. The number of nitrogens with one attached hydrogen (secondary N) is 1. The topological polar surface area (TPSA) is 119 Å². The van der Waals surface area contributed by atoms with Gasteiger partial charge in [0.25, 0.3) is 0 Å². The van der Waals surface area contributed by atoms with Gasteiger partial charge in [0.2, 0.25) is 25.6 Å². The van der Waals surface area contributed by atoms with Gasteiger partial charge in [0, 0.05) is 6.20 Å². The molecule has 0 aliphatic rings. The number of rotatable bonds is 6. The zero-order valence-corrected chi connectivity index (χ0v) is 15.4. The molecule has 138 valence electrons. The van der Waals surface area contributed by atoms with Crippen molar-refractivity contribution in [2.45, 2.75) is 9.79 Å². The van der Waals surface area contributed by atoms with Crippen LogP contribution in [0.3, 0.4) is 0 Å². The standard InChI is InChI=1S/C17H14N4O4S2/c22-26(23,14-7-3-1-4-8-14)16(13-19-17-18-11-12-20-21-17)27(24,25)15-9-5-2-6-10-15/h1-13H,(H,18,19,21). The first-order valence-corrected chi connectivity index (χ1v) is 10.6. The largest absolute Gasteiger partial charge is 0.327 e. The summed E-state index contributed by atoms with van der Waals surface area (Å²) in [6, 6.07) is 14.6. The van der Waals surface area contributed by atoms with Crippen LogP contribution >= 0.6 is 0 Å². The Morgan fingerprint density at radius 3 is 1.74 bits per heavy atom. The Balaban J connectivity index is 2.15. The normalized spacial score (nSPS) is 11.6. The molecule has 1 aromatic heterocycles. The van der Waals surface area contributed by atoms with Crippen molar-refractivity contribution in [3.05, 3.63) is 83.5 Å². The summed E-state index contributed by atoms with van der Waals surface area (Å²) in [5.41, 5.74) is 0. The molecule has 0 saturated heterocycles. The number of aromatic nitrogens is 3. The maximum absolute atomic E-state index is 13.0. The van der Waals surface area contributed by atoms with Crippen LogP contribution in [0.5, 0.6) is 0 Å².